The van der Waals surface area contributed by atoms with E-state index in [2.05, 4.69) is 10.2 Å². The summed E-state index contributed by atoms with van der Waals surface area (Å²) in [7, 11) is 0. The standard InChI is InChI=1S/C18H22N2O2/c1-11-9-14(21)6-7-16(11)20-19-13-8-12(2)17(22)15(10-13)18(3,4)5/h6-10,21-22H,1-5H3/b20-19+. The Bertz CT molecular complexity index is 729. The van der Waals surface area contributed by atoms with E-state index in [1.807, 2.05) is 46.8 Å². The number of phenols is 2. The highest BCUT2D eigenvalue weighted by molar-refractivity contribution is 5.55. The van der Waals surface area contributed by atoms with E-state index in [-0.39, 0.29) is 11.2 Å². The molecule has 22 heavy (non-hydrogen) atoms. The predicted molar refractivity (Wildman–Crippen MR) is 88.6 cm³/mol. The maximum absolute atomic E-state index is 10.2. The van der Waals surface area contributed by atoms with Gasteiger partial charge in [0.2, 0.25) is 0 Å². The minimum absolute atomic E-state index is 0.172. The molecule has 2 N–H and O–H groups in total. The fourth-order valence-corrected chi connectivity index (χ4v) is 2.25. The molecule has 0 saturated heterocycles. The van der Waals surface area contributed by atoms with E-state index in [0.717, 1.165) is 16.7 Å². The quantitative estimate of drug-likeness (QED) is 0.726. The molecule has 0 radical (unpaired) electrons. The summed E-state index contributed by atoms with van der Waals surface area (Å²) in [5.74, 6) is 0.527. The lowest BCUT2D eigenvalue weighted by molar-refractivity contribution is 0.443. The van der Waals surface area contributed by atoms with Crippen molar-refractivity contribution in [2.75, 3.05) is 0 Å². The average molecular weight is 298 g/mol. The highest BCUT2D eigenvalue weighted by atomic mass is 16.3. The maximum atomic E-state index is 10.2. The Kier molecular flexibility index (Phi) is 4.22. The molecule has 0 spiro atoms. The van der Waals surface area contributed by atoms with E-state index in [1.165, 1.54) is 0 Å². The molecule has 0 aliphatic carbocycles. The first-order valence-corrected chi connectivity index (χ1v) is 7.24. The van der Waals surface area contributed by atoms with Crippen LogP contribution in [0.3, 0.4) is 0 Å². The first-order valence-electron chi connectivity index (χ1n) is 7.24. The molecule has 0 aliphatic rings. The van der Waals surface area contributed by atoms with Crippen LogP contribution in [0, 0.1) is 13.8 Å². The molecule has 0 fully saturated rings. The van der Waals surface area contributed by atoms with Gasteiger partial charge in [-0.2, -0.15) is 10.2 Å². The van der Waals surface area contributed by atoms with Gasteiger partial charge < -0.3 is 10.2 Å². The summed E-state index contributed by atoms with van der Waals surface area (Å²) in [6, 6.07) is 8.64. The second-order valence-electron chi connectivity index (χ2n) is 6.58. The third-order valence-corrected chi connectivity index (χ3v) is 3.55. The first-order chi connectivity index (χ1) is 10.2. The molecule has 0 amide bonds. The molecule has 2 aromatic carbocycles. The number of benzene rings is 2. The van der Waals surface area contributed by atoms with E-state index < -0.39 is 0 Å². The average Bonchev–Trinajstić information content (AvgIpc) is 2.40. The fraction of sp³-hybridized carbons (Fsp3) is 0.333. The molecule has 0 heterocycles. The van der Waals surface area contributed by atoms with Crippen LogP contribution < -0.4 is 0 Å². The van der Waals surface area contributed by atoms with Crippen LogP contribution in [0.1, 0.15) is 37.5 Å². The minimum Gasteiger partial charge on any atom is -0.508 e. The topological polar surface area (TPSA) is 65.2 Å². The zero-order chi connectivity index (χ0) is 16.5. The lowest BCUT2D eigenvalue weighted by Gasteiger charge is -2.21. The zero-order valence-corrected chi connectivity index (χ0v) is 13.7. The Hall–Kier alpha value is -2.36. The number of azo groups is 1. The molecule has 0 bridgehead atoms. The Balaban J connectivity index is 2.41. The predicted octanol–water partition coefficient (Wildman–Crippen LogP) is 5.43. The third kappa shape index (κ3) is 3.45. The Morgan fingerprint density at radius 2 is 1.55 bits per heavy atom. The lowest BCUT2D eigenvalue weighted by atomic mass is 9.85. The molecule has 2 aromatic rings. The molecular weight excluding hydrogens is 276 g/mol. The summed E-state index contributed by atoms with van der Waals surface area (Å²) >= 11 is 0. The van der Waals surface area contributed by atoms with Gasteiger partial charge in [0.1, 0.15) is 11.5 Å². The first kappa shape index (κ1) is 16.0. The van der Waals surface area contributed by atoms with Gasteiger partial charge in [0.15, 0.2) is 0 Å². The van der Waals surface area contributed by atoms with Gasteiger partial charge in [-0.25, -0.2) is 0 Å². The number of phenolic OH excluding ortho intramolecular Hbond substituents is 2. The zero-order valence-electron chi connectivity index (χ0n) is 13.7. The monoisotopic (exact) mass is 298 g/mol. The highest BCUT2D eigenvalue weighted by Gasteiger charge is 2.20. The maximum Gasteiger partial charge on any atom is 0.122 e. The molecule has 116 valence electrons. The Morgan fingerprint density at radius 1 is 0.864 bits per heavy atom. The van der Waals surface area contributed by atoms with E-state index in [0.29, 0.717) is 17.1 Å². The van der Waals surface area contributed by atoms with Crippen LogP contribution >= 0.6 is 0 Å². The van der Waals surface area contributed by atoms with Crippen LogP contribution in [0.4, 0.5) is 11.4 Å². The molecule has 4 heteroatoms. The van der Waals surface area contributed by atoms with E-state index >= 15 is 0 Å². The fourth-order valence-electron chi connectivity index (χ4n) is 2.25. The van der Waals surface area contributed by atoms with Crippen molar-refractivity contribution in [3.63, 3.8) is 0 Å². The number of nitrogens with zero attached hydrogens (tertiary/aromatic N) is 2. The van der Waals surface area contributed by atoms with Crippen molar-refractivity contribution in [1.29, 1.82) is 0 Å². The second-order valence-corrected chi connectivity index (χ2v) is 6.58. The molecule has 0 atom stereocenters. The van der Waals surface area contributed by atoms with Crippen molar-refractivity contribution in [2.24, 2.45) is 10.2 Å². The van der Waals surface area contributed by atoms with Crippen molar-refractivity contribution < 1.29 is 10.2 Å². The summed E-state index contributed by atoms with van der Waals surface area (Å²) in [5, 5.41) is 28.2. The van der Waals surface area contributed by atoms with Crippen LogP contribution in [0.5, 0.6) is 11.5 Å². The van der Waals surface area contributed by atoms with E-state index in [1.54, 1.807) is 18.2 Å². The van der Waals surface area contributed by atoms with Crippen LogP contribution in [-0.2, 0) is 5.41 Å². The number of hydrogen-bond acceptors (Lipinski definition) is 4. The Morgan fingerprint density at radius 3 is 2.14 bits per heavy atom. The van der Waals surface area contributed by atoms with Gasteiger partial charge >= 0.3 is 0 Å². The number of hydrogen-bond donors (Lipinski definition) is 2. The number of aryl methyl sites for hydroxylation is 2. The summed E-state index contributed by atoms with van der Waals surface area (Å²) in [6.07, 6.45) is 0. The summed E-state index contributed by atoms with van der Waals surface area (Å²) < 4.78 is 0. The highest BCUT2D eigenvalue weighted by Crippen LogP contribution is 2.37. The lowest BCUT2D eigenvalue weighted by Crippen LogP contribution is -2.11. The molecule has 0 aromatic heterocycles. The van der Waals surface area contributed by atoms with Gasteiger partial charge in [0, 0.05) is 5.56 Å². The van der Waals surface area contributed by atoms with Crippen LogP contribution in [-0.4, -0.2) is 10.2 Å². The summed E-state index contributed by atoms with van der Waals surface area (Å²) in [5.41, 5.74) is 3.73. The van der Waals surface area contributed by atoms with Crippen molar-refractivity contribution >= 4 is 11.4 Å². The van der Waals surface area contributed by atoms with Crippen molar-refractivity contribution in [3.8, 4) is 11.5 Å². The number of rotatable bonds is 2. The van der Waals surface area contributed by atoms with Crippen molar-refractivity contribution in [3.05, 3.63) is 47.0 Å². The van der Waals surface area contributed by atoms with Gasteiger partial charge in [-0.05, 0) is 60.7 Å². The van der Waals surface area contributed by atoms with Gasteiger partial charge in [-0.1, -0.05) is 20.8 Å². The molecule has 0 unspecified atom stereocenters. The van der Waals surface area contributed by atoms with Crippen LogP contribution in [0.2, 0.25) is 0 Å². The SMILES string of the molecule is Cc1cc(O)ccc1/N=N/c1cc(C)c(O)c(C(C)(C)C)c1. The molecule has 0 aliphatic heterocycles. The Labute approximate surface area is 131 Å². The smallest absolute Gasteiger partial charge is 0.122 e. The van der Waals surface area contributed by atoms with Gasteiger partial charge in [-0.15, -0.1) is 0 Å². The van der Waals surface area contributed by atoms with Crippen LogP contribution in [0.15, 0.2) is 40.6 Å². The van der Waals surface area contributed by atoms with Gasteiger partial charge in [-0.3, -0.25) is 0 Å². The normalized spacial score (nSPS) is 12.0. The van der Waals surface area contributed by atoms with E-state index in [9.17, 15) is 10.2 Å². The van der Waals surface area contributed by atoms with Crippen molar-refractivity contribution in [2.45, 2.75) is 40.0 Å². The third-order valence-electron chi connectivity index (χ3n) is 3.55. The van der Waals surface area contributed by atoms with Gasteiger partial charge in [0.25, 0.3) is 0 Å². The van der Waals surface area contributed by atoms with E-state index in [4.69, 9.17) is 0 Å². The summed E-state index contributed by atoms with van der Waals surface area (Å²) in [4.78, 5) is 0. The van der Waals surface area contributed by atoms with Gasteiger partial charge in [0.05, 0.1) is 11.4 Å². The molecule has 0 saturated carbocycles. The minimum atomic E-state index is -0.172. The second kappa shape index (κ2) is 5.79. The molecule has 2 rings (SSSR count). The van der Waals surface area contributed by atoms with Crippen molar-refractivity contribution in [1.82, 2.24) is 0 Å². The summed E-state index contributed by atoms with van der Waals surface area (Å²) in [6.45, 7) is 9.87. The van der Waals surface area contributed by atoms with Crippen LogP contribution in [0.25, 0.3) is 0 Å². The molecule has 4 nitrogen and oxygen atoms in total. The molecular formula is C18H22N2O2. The number of aromatic hydroxyl groups is 2. The largest absolute Gasteiger partial charge is 0.508 e.